The molecule has 0 radical (unpaired) electrons. The molecule has 7 nitrogen and oxygen atoms in total. The smallest absolute Gasteiger partial charge is 0.261 e. The number of fused-ring (bicyclic) bond motifs is 2. The molecule has 4 aromatic rings. The second kappa shape index (κ2) is 8.34. The van der Waals surface area contributed by atoms with E-state index in [9.17, 15) is 9.59 Å². The highest BCUT2D eigenvalue weighted by Crippen LogP contribution is 2.28. The minimum Gasteiger partial charge on any atom is -0.344 e. The van der Waals surface area contributed by atoms with E-state index < -0.39 is 0 Å². The minimum absolute atomic E-state index is 0.0954. The lowest BCUT2D eigenvalue weighted by Gasteiger charge is -2.25. The Morgan fingerprint density at radius 2 is 1.68 bits per heavy atom. The number of carbonyl (C=O) groups excluding carboxylic acids is 1. The molecule has 2 heterocycles. The van der Waals surface area contributed by atoms with Gasteiger partial charge in [0, 0.05) is 6.04 Å². The third-order valence-corrected chi connectivity index (χ3v) is 5.45. The predicted octanol–water partition coefficient (Wildman–Crippen LogP) is 3.84. The summed E-state index contributed by atoms with van der Waals surface area (Å²) in [4.78, 5) is 34.8. The van der Waals surface area contributed by atoms with Gasteiger partial charge in [0.1, 0.15) is 12.4 Å². The molecule has 7 heteroatoms. The first-order valence-corrected chi connectivity index (χ1v) is 10.6. The maximum Gasteiger partial charge on any atom is 0.261 e. The summed E-state index contributed by atoms with van der Waals surface area (Å²) in [7, 11) is 0. The van der Waals surface area contributed by atoms with E-state index >= 15 is 0 Å². The second-order valence-electron chi connectivity index (χ2n) is 8.41. The van der Waals surface area contributed by atoms with Gasteiger partial charge in [-0.15, -0.1) is 0 Å². The topological polar surface area (TPSA) is 81.8 Å². The van der Waals surface area contributed by atoms with Crippen molar-refractivity contribution in [1.29, 1.82) is 0 Å². The molecule has 0 spiro atoms. The molecular formula is C24H27N5O2. The van der Waals surface area contributed by atoms with E-state index in [1.807, 2.05) is 30.3 Å². The summed E-state index contributed by atoms with van der Waals surface area (Å²) in [6, 6.07) is 15.0. The number of nitrogens with one attached hydrogen (secondary N) is 1. The van der Waals surface area contributed by atoms with Gasteiger partial charge in [-0.3, -0.25) is 14.2 Å². The van der Waals surface area contributed by atoms with Crippen LogP contribution in [0.5, 0.6) is 0 Å². The van der Waals surface area contributed by atoms with Crippen LogP contribution in [0.15, 0.2) is 59.7 Å². The molecular weight excluding hydrogens is 390 g/mol. The number of para-hydroxylation sites is 3. The molecule has 1 atom stereocenters. The van der Waals surface area contributed by atoms with Crippen LogP contribution in [-0.2, 0) is 11.3 Å². The van der Waals surface area contributed by atoms with Gasteiger partial charge in [0.25, 0.3) is 5.56 Å². The maximum absolute atomic E-state index is 12.9. The highest BCUT2D eigenvalue weighted by molar-refractivity contribution is 5.80. The van der Waals surface area contributed by atoms with Crippen molar-refractivity contribution in [2.75, 3.05) is 0 Å². The first-order valence-electron chi connectivity index (χ1n) is 10.6. The van der Waals surface area contributed by atoms with E-state index in [-0.39, 0.29) is 36.0 Å². The standard InChI is InChI=1S/C24H27N5O2/c1-15(2)22(23-26-19-11-7-8-12-20(19)29(23)16(3)4)27-21(30)13-28-14-25-18-10-6-5-9-17(18)24(28)31/h5-12,14-16,22H,13H2,1-4H3,(H,27,30). The van der Waals surface area contributed by atoms with E-state index in [1.54, 1.807) is 18.2 Å². The number of amides is 1. The molecule has 0 aliphatic rings. The van der Waals surface area contributed by atoms with Crippen LogP contribution in [0.3, 0.4) is 0 Å². The molecule has 0 saturated carbocycles. The number of benzene rings is 2. The molecule has 0 aliphatic carbocycles. The van der Waals surface area contributed by atoms with Crippen LogP contribution in [0.4, 0.5) is 0 Å². The van der Waals surface area contributed by atoms with Crippen LogP contribution < -0.4 is 10.9 Å². The summed E-state index contributed by atoms with van der Waals surface area (Å²) in [6.45, 7) is 8.23. The van der Waals surface area contributed by atoms with Crippen LogP contribution in [0.1, 0.15) is 45.6 Å². The highest BCUT2D eigenvalue weighted by atomic mass is 16.2. The van der Waals surface area contributed by atoms with Crippen LogP contribution in [0, 0.1) is 5.92 Å². The molecule has 1 N–H and O–H groups in total. The molecule has 0 bridgehead atoms. The zero-order valence-electron chi connectivity index (χ0n) is 18.2. The lowest BCUT2D eigenvalue weighted by atomic mass is 10.0. The molecule has 160 valence electrons. The average molecular weight is 418 g/mol. The maximum atomic E-state index is 12.9. The van der Waals surface area contributed by atoms with Crippen molar-refractivity contribution < 1.29 is 4.79 Å². The second-order valence-corrected chi connectivity index (χ2v) is 8.41. The third kappa shape index (κ3) is 3.95. The quantitative estimate of drug-likeness (QED) is 0.517. The van der Waals surface area contributed by atoms with E-state index in [0.717, 1.165) is 16.9 Å². The number of aromatic nitrogens is 4. The van der Waals surface area contributed by atoms with Crippen molar-refractivity contribution in [2.45, 2.75) is 46.3 Å². The number of rotatable bonds is 6. The Morgan fingerprint density at radius 3 is 2.39 bits per heavy atom. The van der Waals surface area contributed by atoms with Crippen molar-refractivity contribution in [3.8, 4) is 0 Å². The Morgan fingerprint density at radius 1 is 1.00 bits per heavy atom. The fraction of sp³-hybridized carbons (Fsp3) is 0.333. The van der Waals surface area contributed by atoms with Crippen molar-refractivity contribution in [3.05, 3.63) is 71.0 Å². The van der Waals surface area contributed by atoms with Gasteiger partial charge in [0.2, 0.25) is 5.91 Å². The SMILES string of the molecule is CC(C)C(NC(=O)Cn1cnc2ccccc2c1=O)c1nc2ccccc2n1C(C)C. The van der Waals surface area contributed by atoms with Gasteiger partial charge in [0.15, 0.2) is 0 Å². The molecule has 2 aromatic heterocycles. The Labute approximate surface area is 180 Å². The van der Waals surface area contributed by atoms with Gasteiger partial charge < -0.3 is 9.88 Å². The predicted molar refractivity (Wildman–Crippen MR) is 122 cm³/mol. The number of hydrogen-bond donors (Lipinski definition) is 1. The summed E-state index contributed by atoms with van der Waals surface area (Å²) in [6.07, 6.45) is 1.43. The van der Waals surface area contributed by atoms with Crippen molar-refractivity contribution >= 4 is 27.8 Å². The van der Waals surface area contributed by atoms with E-state index in [0.29, 0.717) is 10.9 Å². The normalized spacial score (nSPS) is 12.7. The fourth-order valence-electron chi connectivity index (χ4n) is 3.95. The summed E-state index contributed by atoms with van der Waals surface area (Å²) in [5.74, 6) is 0.688. The first kappa shape index (κ1) is 20.8. The fourth-order valence-corrected chi connectivity index (χ4v) is 3.95. The Hall–Kier alpha value is -3.48. The molecule has 1 unspecified atom stereocenters. The number of hydrogen-bond acceptors (Lipinski definition) is 4. The molecule has 0 saturated heterocycles. The summed E-state index contributed by atoms with van der Waals surface area (Å²) >= 11 is 0. The lowest BCUT2D eigenvalue weighted by molar-refractivity contribution is -0.122. The zero-order valence-corrected chi connectivity index (χ0v) is 18.2. The number of carbonyl (C=O) groups is 1. The Balaban J connectivity index is 1.65. The summed E-state index contributed by atoms with van der Waals surface area (Å²) in [5, 5.41) is 3.60. The molecule has 4 rings (SSSR count). The highest BCUT2D eigenvalue weighted by Gasteiger charge is 2.26. The van der Waals surface area contributed by atoms with Crippen LogP contribution in [0.25, 0.3) is 21.9 Å². The first-order chi connectivity index (χ1) is 14.9. The largest absolute Gasteiger partial charge is 0.344 e. The number of nitrogens with zero attached hydrogens (tertiary/aromatic N) is 4. The summed E-state index contributed by atoms with van der Waals surface area (Å²) < 4.78 is 3.52. The van der Waals surface area contributed by atoms with Crippen molar-refractivity contribution in [3.63, 3.8) is 0 Å². The Kier molecular flexibility index (Phi) is 5.59. The van der Waals surface area contributed by atoms with Gasteiger partial charge in [-0.25, -0.2) is 9.97 Å². The van der Waals surface area contributed by atoms with Gasteiger partial charge in [-0.1, -0.05) is 38.1 Å². The number of imidazole rings is 1. The molecule has 1 amide bonds. The van der Waals surface area contributed by atoms with E-state index in [1.165, 1.54) is 10.9 Å². The van der Waals surface area contributed by atoms with Gasteiger partial charge in [-0.2, -0.15) is 0 Å². The zero-order chi connectivity index (χ0) is 22.1. The van der Waals surface area contributed by atoms with Gasteiger partial charge in [0.05, 0.1) is 34.3 Å². The van der Waals surface area contributed by atoms with Crippen LogP contribution in [-0.4, -0.2) is 25.0 Å². The third-order valence-electron chi connectivity index (χ3n) is 5.45. The van der Waals surface area contributed by atoms with Gasteiger partial charge >= 0.3 is 0 Å². The van der Waals surface area contributed by atoms with Crippen LogP contribution >= 0.6 is 0 Å². The average Bonchev–Trinajstić information content (AvgIpc) is 3.13. The lowest BCUT2D eigenvalue weighted by Crippen LogP contribution is -2.38. The van der Waals surface area contributed by atoms with E-state index in [2.05, 4.69) is 42.6 Å². The minimum atomic E-state index is -0.286. The molecule has 2 aromatic carbocycles. The van der Waals surface area contributed by atoms with E-state index in [4.69, 9.17) is 4.98 Å². The van der Waals surface area contributed by atoms with Crippen molar-refractivity contribution in [1.82, 2.24) is 24.4 Å². The molecule has 0 aliphatic heterocycles. The molecule has 0 fully saturated rings. The van der Waals surface area contributed by atoms with Crippen LogP contribution in [0.2, 0.25) is 0 Å². The Bertz CT molecular complexity index is 1300. The van der Waals surface area contributed by atoms with Crippen molar-refractivity contribution in [2.24, 2.45) is 5.92 Å². The summed E-state index contributed by atoms with van der Waals surface area (Å²) in [5.41, 5.74) is 2.34. The van der Waals surface area contributed by atoms with Gasteiger partial charge in [-0.05, 0) is 44.0 Å². The monoisotopic (exact) mass is 417 g/mol. The molecule has 31 heavy (non-hydrogen) atoms.